The molecule has 2 fully saturated rings. The second kappa shape index (κ2) is 8.91. The lowest BCUT2D eigenvalue weighted by Crippen LogP contribution is -2.46. The molecule has 0 bridgehead atoms. The molecule has 0 radical (unpaired) electrons. The number of nitrogens with zero attached hydrogens (tertiary/aromatic N) is 1. The van der Waals surface area contributed by atoms with Gasteiger partial charge in [-0.2, -0.15) is 0 Å². The lowest BCUT2D eigenvalue weighted by molar-refractivity contribution is 0.0146. The summed E-state index contributed by atoms with van der Waals surface area (Å²) in [6, 6.07) is 0.359. The maximum Gasteiger partial charge on any atom is 0.410 e. The molecule has 0 heterocycles. The summed E-state index contributed by atoms with van der Waals surface area (Å²) in [7, 11) is 0. The summed E-state index contributed by atoms with van der Waals surface area (Å²) >= 11 is 0. The van der Waals surface area contributed by atoms with Crippen molar-refractivity contribution in [2.75, 3.05) is 19.6 Å². The monoisotopic (exact) mass is 324 g/mol. The lowest BCUT2D eigenvalue weighted by atomic mass is 9.85. The summed E-state index contributed by atoms with van der Waals surface area (Å²) in [5.74, 6) is 0.864. The van der Waals surface area contributed by atoms with Crippen molar-refractivity contribution < 1.29 is 9.53 Å². The molecule has 2 aliphatic rings. The predicted molar refractivity (Wildman–Crippen MR) is 94.6 cm³/mol. The van der Waals surface area contributed by atoms with Crippen molar-refractivity contribution in [3.05, 3.63) is 0 Å². The van der Waals surface area contributed by atoms with Crippen LogP contribution in [0.4, 0.5) is 4.79 Å². The van der Waals surface area contributed by atoms with Gasteiger partial charge in [0.05, 0.1) is 0 Å². The Morgan fingerprint density at radius 1 is 1.04 bits per heavy atom. The Balaban J connectivity index is 1.84. The molecule has 4 heteroatoms. The largest absolute Gasteiger partial charge is 0.444 e. The Labute approximate surface area is 142 Å². The van der Waals surface area contributed by atoms with Crippen molar-refractivity contribution >= 4 is 6.09 Å². The molecule has 134 valence electrons. The standard InChI is InChI=1S/C19H36N2O2/c1-19(2,3)23-18(22)21(17-11-6-4-5-7-12-17)14-13-20-15-16-9-8-10-16/h16-17,20H,4-15H2,1-3H3. The van der Waals surface area contributed by atoms with Gasteiger partial charge in [-0.1, -0.05) is 32.1 Å². The van der Waals surface area contributed by atoms with Gasteiger partial charge in [0.2, 0.25) is 0 Å². The maximum atomic E-state index is 12.6. The first-order chi connectivity index (χ1) is 11.0. The fourth-order valence-corrected chi connectivity index (χ4v) is 3.52. The highest BCUT2D eigenvalue weighted by molar-refractivity contribution is 5.68. The van der Waals surface area contributed by atoms with Crippen molar-refractivity contribution in [3.8, 4) is 0 Å². The molecule has 0 saturated heterocycles. The number of hydrogen-bond acceptors (Lipinski definition) is 3. The average Bonchev–Trinajstić information content (AvgIpc) is 2.67. The molecule has 0 unspecified atom stereocenters. The SMILES string of the molecule is CC(C)(C)OC(=O)N(CCNCC1CCC1)C1CCCCCC1. The van der Waals surface area contributed by atoms with Crippen LogP contribution in [-0.4, -0.2) is 42.3 Å². The van der Waals surface area contributed by atoms with Gasteiger partial charge in [0.15, 0.2) is 0 Å². The third-order valence-electron chi connectivity index (χ3n) is 5.08. The Hall–Kier alpha value is -0.770. The van der Waals surface area contributed by atoms with Crippen molar-refractivity contribution in [1.29, 1.82) is 0 Å². The van der Waals surface area contributed by atoms with Crippen LogP contribution in [0, 0.1) is 5.92 Å². The molecular weight excluding hydrogens is 288 g/mol. The number of rotatable bonds is 6. The van der Waals surface area contributed by atoms with Gasteiger partial charge in [0.1, 0.15) is 5.60 Å². The number of ether oxygens (including phenoxy) is 1. The molecular formula is C19H36N2O2. The minimum atomic E-state index is -0.417. The quantitative estimate of drug-likeness (QED) is 0.584. The summed E-state index contributed by atoms with van der Waals surface area (Å²) in [5.41, 5.74) is -0.417. The summed E-state index contributed by atoms with van der Waals surface area (Å²) in [5, 5.41) is 3.54. The van der Waals surface area contributed by atoms with Crippen molar-refractivity contribution in [3.63, 3.8) is 0 Å². The first kappa shape index (κ1) is 18.6. The Kier molecular flexibility index (Phi) is 7.19. The highest BCUT2D eigenvalue weighted by atomic mass is 16.6. The van der Waals surface area contributed by atoms with Gasteiger partial charge < -0.3 is 15.0 Å². The fraction of sp³-hybridized carbons (Fsp3) is 0.947. The number of amides is 1. The minimum Gasteiger partial charge on any atom is -0.444 e. The molecule has 1 N–H and O–H groups in total. The third kappa shape index (κ3) is 6.70. The van der Waals surface area contributed by atoms with Gasteiger partial charge in [-0.3, -0.25) is 0 Å². The van der Waals surface area contributed by atoms with Gasteiger partial charge in [0, 0.05) is 19.1 Å². The Morgan fingerprint density at radius 3 is 2.22 bits per heavy atom. The zero-order valence-electron chi connectivity index (χ0n) is 15.4. The number of carbonyl (C=O) groups is 1. The van der Waals surface area contributed by atoms with E-state index >= 15 is 0 Å². The van der Waals surface area contributed by atoms with Crippen LogP contribution in [0.25, 0.3) is 0 Å². The van der Waals surface area contributed by atoms with Gasteiger partial charge in [-0.05, 0) is 58.9 Å². The first-order valence-electron chi connectivity index (χ1n) is 9.66. The Bertz CT molecular complexity index is 353. The van der Waals surface area contributed by atoms with Crippen LogP contribution in [0.1, 0.15) is 78.6 Å². The molecule has 2 rings (SSSR count). The molecule has 1 amide bonds. The van der Waals surface area contributed by atoms with E-state index < -0.39 is 5.60 Å². The average molecular weight is 325 g/mol. The van der Waals surface area contributed by atoms with Crippen molar-refractivity contribution in [2.24, 2.45) is 5.92 Å². The van der Waals surface area contributed by atoms with E-state index in [1.54, 1.807) is 0 Å². The van der Waals surface area contributed by atoms with E-state index in [1.807, 2.05) is 25.7 Å². The highest BCUT2D eigenvalue weighted by Gasteiger charge is 2.28. The third-order valence-corrected chi connectivity index (χ3v) is 5.08. The van der Waals surface area contributed by atoms with Crippen molar-refractivity contribution in [1.82, 2.24) is 10.2 Å². The van der Waals surface area contributed by atoms with Crippen molar-refractivity contribution in [2.45, 2.75) is 90.2 Å². The van der Waals surface area contributed by atoms with E-state index in [4.69, 9.17) is 4.74 Å². The second-order valence-corrected chi connectivity index (χ2v) is 8.32. The molecule has 2 saturated carbocycles. The number of nitrogens with one attached hydrogen (secondary N) is 1. The van der Waals surface area contributed by atoms with Crippen LogP contribution >= 0.6 is 0 Å². The number of carbonyl (C=O) groups excluding carboxylic acids is 1. The normalized spacial score (nSPS) is 20.7. The minimum absolute atomic E-state index is 0.130. The van der Waals surface area contributed by atoms with E-state index in [-0.39, 0.29) is 6.09 Å². The van der Waals surface area contributed by atoms with Crippen LogP contribution < -0.4 is 5.32 Å². The van der Waals surface area contributed by atoms with E-state index in [9.17, 15) is 4.79 Å². The van der Waals surface area contributed by atoms with Gasteiger partial charge in [0.25, 0.3) is 0 Å². The maximum absolute atomic E-state index is 12.6. The fourth-order valence-electron chi connectivity index (χ4n) is 3.52. The van der Waals surface area contributed by atoms with Gasteiger partial charge in [-0.15, -0.1) is 0 Å². The van der Waals surface area contributed by atoms with Crippen LogP contribution in [0.15, 0.2) is 0 Å². The molecule has 0 atom stereocenters. The van der Waals surface area contributed by atoms with E-state index in [0.29, 0.717) is 6.04 Å². The predicted octanol–water partition coefficient (Wildman–Crippen LogP) is 4.34. The molecule has 0 spiro atoms. The van der Waals surface area contributed by atoms with Crippen LogP contribution in [0.2, 0.25) is 0 Å². The van der Waals surface area contributed by atoms with Crippen LogP contribution in [0.3, 0.4) is 0 Å². The topological polar surface area (TPSA) is 41.6 Å². The second-order valence-electron chi connectivity index (χ2n) is 8.32. The molecule has 2 aliphatic carbocycles. The first-order valence-corrected chi connectivity index (χ1v) is 9.66. The highest BCUT2D eigenvalue weighted by Crippen LogP contribution is 2.25. The summed E-state index contributed by atoms with van der Waals surface area (Å²) in [6.07, 6.45) is 11.3. The lowest BCUT2D eigenvalue weighted by Gasteiger charge is -2.33. The van der Waals surface area contributed by atoms with E-state index in [2.05, 4.69) is 5.32 Å². The molecule has 0 aromatic carbocycles. The zero-order valence-corrected chi connectivity index (χ0v) is 15.4. The molecule has 4 nitrogen and oxygen atoms in total. The van der Waals surface area contributed by atoms with Gasteiger partial charge >= 0.3 is 6.09 Å². The number of hydrogen-bond donors (Lipinski definition) is 1. The smallest absolute Gasteiger partial charge is 0.410 e. The molecule has 0 aliphatic heterocycles. The summed E-state index contributed by atoms with van der Waals surface area (Å²) < 4.78 is 5.66. The summed E-state index contributed by atoms with van der Waals surface area (Å²) in [6.45, 7) is 8.60. The molecule has 0 aromatic rings. The zero-order chi connectivity index (χ0) is 16.7. The Morgan fingerprint density at radius 2 is 1.70 bits per heavy atom. The van der Waals surface area contributed by atoms with Gasteiger partial charge in [-0.25, -0.2) is 4.79 Å². The summed E-state index contributed by atoms with van der Waals surface area (Å²) in [4.78, 5) is 14.6. The molecule has 0 aromatic heterocycles. The molecule has 23 heavy (non-hydrogen) atoms. The van der Waals surface area contributed by atoms with Crippen LogP contribution in [0.5, 0.6) is 0 Å². The van der Waals surface area contributed by atoms with E-state index in [1.165, 1.54) is 44.9 Å². The van der Waals surface area contributed by atoms with E-state index in [0.717, 1.165) is 38.4 Å². The van der Waals surface area contributed by atoms with Crippen LogP contribution in [-0.2, 0) is 4.74 Å².